The van der Waals surface area contributed by atoms with E-state index in [1.54, 1.807) is 6.07 Å². The van der Waals surface area contributed by atoms with E-state index in [0.29, 0.717) is 0 Å². The fourth-order valence-electron chi connectivity index (χ4n) is 8.29. The van der Waals surface area contributed by atoms with Crippen molar-refractivity contribution in [3.05, 3.63) is 118 Å². The minimum atomic E-state index is -4.30. The first-order valence-electron chi connectivity index (χ1n) is 16.7. The zero-order valence-corrected chi connectivity index (χ0v) is 31.7. The van der Waals surface area contributed by atoms with Gasteiger partial charge >= 0.3 is 0 Å². The SMILES string of the molecule is CN1/C(=C\C=C2\CCCC(/C=C/C3=[N+](C)c4ccc5cc(S(=O)(=O)O)ccc5c4C3(C)C)=C2Cl)C(C)(C)c2c1ccc1cc(SOO[O-])ccc21. The van der Waals surface area contributed by atoms with Gasteiger partial charge in [0.15, 0.2) is 5.71 Å². The van der Waals surface area contributed by atoms with Crippen molar-refractivity contribution in [1.29, 1.82) is 0 Å². The number of fused-ring (bicyclic) bond motifs is 6. The van der Waals surface area contributed by atoms with Gasteiger partial charge in [-0.15, -0.1) is 0 Å². The number of nitrogens with zero attached hydrogens (tertiary/aromatic N) is 2. The number of allylic oxidation sites excluding steroid dienone is 8. The van der Waals surface area contributed by atoms with Crippen molar-refractivity contribution in [2.24, 2.45) is 0 Å². The molecule has 264 valence electrons. The van der Waals surface area contributed by atoms with Crippen molar-refractivity contribution in [2.75, 3.05) is 19.0 Å². The zero-order chi connectivity index (χ0) is 36.5. The molecule has 0 saturated heterocycles. The van der Waals surface area contributed by atoms with Crippen LogP contribution in [0.15, 0.2) is 117 Å². The standard InChI is InChI=1S/C40H39ClN2O6S2/c1-39(2)34(42(5)32-18-10-26-22-28(50-49-48-44)14-16-30(26)36(32)39)20-12-24-8-7-9-25(38(24)41)13-21-35-40(3,4)37-31-17-15-29(51(45,46)47)23-27(31)11-19-33(37)43(35)6/h10-23H,7-9H2,1-6H3,(H-,44,45,46,47). The molecule has 51 heavy (non-hydrogen) atoms. The van der Waals surface area contributed by atoms with E-state index < -0.39 is 10.1 Å². The van der Waals surface area contributed by atoms with Crippen LogP contribution in [-0.2, 0) is 30.3 Å². The lowest BCUT2D eigenvalue weighted by atomic mass is 9.78. The van der Waals surface area contributed by atoms with Crippen LogP contribution in [0.4, 0.5) is 11.4 Å². The van der Waals surface area contributed by atoms with Crippen molar-refractivity contribution in [2.45, 2.75) is 67.6 Å². The summed E-state index contributed by atoms with van der Waals surface area (Å²) in [5, 5.41) is 18.5. The average molecular weight is 743 g/mol. The Bertz CT molecular complexity index is 2410. The Labute approximate surface area is 307 Å². The number of hydrogen-bond acceptors (Lipinski definition) is 7. The summed E-state index contributed by atoms with van der Waals surface area (Å²) in [6.07, 6.45) is 11.5. The average Bonchev–Trinajstić information content (AvgIpc) is 3.41. The highest BCUT2D eigenvalue weighted by Crippen LogP contribution is 2.51. The van der Waals surface area contributed by atoms with E-state index in [1.165, 1.54) is 23.4 Å². The molecule has 0 aromatic heterocycles. The van der Waals surface area contributed by atoms with Crippen LogP contribution >= 0.6 is 23.6 Å². The Kier molecular flexibility index (Phi) is 9.11. The predicted octanol–water partition coefficient (Wildman–Crippen LogP) is 8.95. The molecule has 0 amide bonds. The highest BCUT2D eigenvalue weighted by Gasteiger charge is 2.44. The molecule has 0 saturated carbocycles. The predicted molar refractivity (Wildman–Crippen MR) is 203 cm³/mol. The number of hydrogen-bond donors (Lipinski definition) is 1. The van der Waals surface area contributed by atoms with Gasteiger partial charge in [0.25, 0.3) is 10.1 Å². The first-order valence-corrected chi connectivity index (χ1v) is 19.3. The molecule has 0 fully saturated rings. The molecule has 0 unspecified atom stereocenters. The topological polar surface area (TPSA) is 102 Å². The number of anilines is 1. The third-order valence-electron chi connectivity index (χ3n) is 10.7. The molecule has 7 rings (SSSR count). The Hall–Kier alpha value is -3.74. The summed E-state index contributed by atoms with van der Waals surface area (Å²) in [4.78, 5) is 2.92. The number of likely N-dealkylation sites (N-methyl/N-ethyl adjacent to an activating group) is 1. The lowest BCUT2D eigenvalue weighted by molar-refractivity contribution is -0.777. The molecule has 2 aliphatic heterocycles. The van der Waals surface area contributed by atoms with Crippen molar-refractivity contribution in [3.63, 3.8) is 0 Å². The summed E-state index contributed by atoms with van der Waals surface area (Å²) >= 11 is 8.05. The zero-order valence-electron chi connectivity index (χ0n) is 29.3. The van der Waals surface area contributed by atoms with Gasteiger partial charge in [-0.1, -0.05) is 55.8 Å². The lowest BCUT2D eigenvalue weighted by Crippen LogP contribution is -2.27. The van der Waals surface area contributed by atoms with E-state index in [4.69, 9.17) is 11.6 Å². The molecule has 4 aromatic carbocycles. The minimum Gasteiger partial charge on any atom is -0.691 e. The molecule has 0 atom stereocenters. The normalized spacial score (nSPS) is 20.1. The molecule has 4 aromatic rings. The smallest absolute Gasteiger partial charge is 0.294 e. The summed E-state index contributed by atoms with van der Waals surface area (Å²) in [6.45, 7) is 8.84. The van der Waals surface area contributed by atoms with E-state index >= 15 is 0 Å². The van der Waals surface area contributed by atoms with Gasteiger partial charge in [-0.2, -0.15) is 17.3 Å². The third-order valence-corrected chi connectivity index (χ3v) is 12.6. The van der Waals surface area contributed by atoms with Gasteiger partial charge in [-0.25, -0.2) is 0 Å². The minimum absolute atomic E-state index is 0.114. The maximum absolute atomic E-state index is 11.8. The first kappa shape index (κ1) is 35.7. The number of rotatable bonds is 7. The first-order chi connectivity index (χ1) is 24.1. The van der Waals surface area contributed by atoms with Crippen LogP contribution in [0.5, 0.6) is 0 Å². The van der Waals surface area contributed by atoms with Crippen molar-refractivity contribution in [1.82, 2.24) is 0 Å². The van der Waals surface area contributed by atoms with E-state index in [0.717, 1.165) is 96.6 Å². The molecule has 8 nitrogen and oxygen atoms in total. The summed E-state index contributed by atoms with van der Waals surface area (Å²) < 4.78 is 39.9. The Morgan fingerprint density at radius 3 is 2.37 bits per heavy atom. The molecule has 3 aliphatic rings. The van der Waals surface area contributed by atoms with Crippen molar-refractivity contribution >= 4 is 72.4 Å². The molecular formula is C40H39ClN2O6S2. The van der Waals surface area contributed by atoms with Crippen molar-refractivity contribution in [3.8, 4) is 0 Å². The summed E-state index contributed by atoms with van der Waals surface area (Å²) in [7, 11) is -0.146. The summed E-state index contributed by atoms with van der Waals surface area (Å²) in [6, 6.07) is 18.9. The molecule has 0 radical (unpaired) electrons. The maximum Gasteiger partial charge on any atom is 0.294 e. The molecule has 0 spiro atoms. The van der Waals surface area contributed by atoms with Gasteiger partial charge in [0.2, 0.25) is 5.69 Å². The quantitative estimate of drug-likeness (QED) is 0.0659. The Morgan fingerprint density at radius 1 is 0.922 bits per heavy atom. The highest BCUT2D eigenvalue weighted by molar-refractivity contribution is 7.94. The van der Waals surface area contributed by atoms with E-state index in [1.807, 2.05) is 24.3 Å². The van der Waals surface area contributed by atoms with Gasteiger partial charge in [-0.3, -0.25) is 9.59 Å². The van der Waals surface area contributed by atoms with E-state index in [-0.39, 0.29) is 15.7 Å². The van der Waals surface area contributed by atoms with Crippen LogP contribution in [0.25, 0.3) is 21.5 Å². The Balaban J connectivity index is 1.19. The van der Waals surface area contributed by atoms with Gasteiger partial charge in [0, 0.05) is 51.5 Å². The van der Waals surface area contributed by atoms with Gasteiger partial charge in [0.05, 0.1) is 22.4 Å². The summed E-state index contributed by atoms with van der Waals surface area (Å²) in [5.41, 5.74) is 8.39. The van der Waals surface area contributed by atoms with Crippen LogP contribution < -0.4 is 10.2 Å². The van der Waals surface area contributed by atoms with Gasteiger partial charge < -0.3 is 10.2 Å². The molecular weight excluding hydrogens is 704 g/mol. The monoisotopic (exact) mass is 742 g/mol. The molecule has 1 N–H and O–H groups in total. The fraction of sp³-hybridized carbons (Fsp3) is 0.275. The van der Waals surface area contributed by atoms with Gasteiger partial charge in [0.1, 0.15) is 7.05 Å². The van der Waals surface area contributed by atoms with E-state index in [2.05, 4.69) is 103 Å². The molecule has 11 heteroatoms. The fourth-order valence-corrected chi connectivity index (χ4v) is 9.53. The Morgan fingerprint density at radius 2 is 1.63 bits per heavy atom. The second-order valence-corrected chi connectivity index (χ2v) is 17.0. The van der Waals surface area contributed by atoms with Crippen LogP contribution in [0.1, 0.15) is 58.1 Å². The largest absolute Gasteiger partial charge is 0.691 e. The number of benzene rings is 4. The van der Waals surface area contributed by atoms with Crippen LogP contribution in [0.2, 0.25) is 0 Å². The van der Waals surface area contributed by atoms with Crippen LogP contribution in [0, 0.1) is 0 Å². The second-order valence-electron chi connectivity index (χ2n) is 14.4. The molecule has 0 bridgehead atoms. The third kappa shape index (κ3) is 6.06. The van der Waals surface area contributed by atoms with Gasteiger partial charge in [-0.05, 0) is 114 Å². The number of halogens is 1. The van der Waals surface area contributed by atoms with E-state index in [9.17, 15) is 18.2 Å². The van der Waals surface area contributed by atoms with Crippen LogP contribution in [0.3, 0.4) is 0 Å². The lowest BCUT2D eigenvalue weighted by Gasteiger charge is -2.25. The highest BCUT2D eigenvalue weighted by atomic mass is 35.5. The summed E-state index contributed by atoms with van der Waals surface area (Å²) in [5.74, 6) is 0. The second kappa shape index (κ2) is 13.0. The molecule has 1 aliphatic carbocycles. The van der Waals surface area contributed by atoms with Crippen LogP contribution in [-0.4, -0.2) is 37.4 Å². The maximum atomic E-state index is 11.8. The van der Waals surface area contributed by atoms with Crippen molar-refractivity contribution < 1.29 is 32.2 Å². The molecule has 2 heterocycles.